The molecule has 0 spiro atoms. The van der Waals surface area contributed by atoms with Crippen molar-refractivity contribution in [3.63, 3.8) is 0 Å². The van der Waals surface area contributed by atoms with Crippen LogP contribution in [-0.2, 0) is 13.1 Å². The van der Waals surface area contributed by atoms with Crippen LogP contribution < -0.4 is 4.90 Å². The van der Waals surface area contributed by atoms with Gasteiger partial charge in [-0.1, -0.05) is 18.2 Å². The molecule has 0 amide bonds. The Morgan fingerprint density at radius 2 is 1.70 bits per heavy atom. The van der Waals surface area contributed by atoms with Gasteiger partial charge in [0, 0.05) is 17.1 Å². The molecule has 1 heterocycles. The van der Waals surface area contributed by atoms with Gasteiger partial charge in [-0.05, 0) is 53.4 Å². The topological polar surface area (TPSA) is 47.3 Å². The molecule has 0 saturated carbocycles. The summed E-state index contributed by atoms with van der Waals surface area (Å²) in [7, 11) is 0. The molecule has 1 N–H and O–H groups in total. The van der Waals surface area contributed by atoms with E-state index < -0.39 is 0 Å². The Balaban J connectivity index is 1.85. The van der Waals surface area contributed by atoms with Gasteiger partial charge >= 0.3 is 0 Å². The Bertz CT molecular complexity index is 787. The first-order valence-corrected chi connectivity index (χ1v) is 8.18. The van der Waals surface area contributed by atoms with Crippen molar-refractivity contribution in [2.24, 2.45) is 0 Å². The molecule has 3 nitrogen and oxygen atoms in total. The van der Waals surface area contributed by atoms with Crippen molar-refractivity contribution in [1.29, 1.82) is 5.26 Å². The van der Waals surface area contributed by atoms with Gasteiger partial charge in [0.05, 0.1) is 18.2 Å². The minimum absolute atomic E-state index is 0.275. The van der Waals surface area contributed by atoms with Crippen molar-refractivity contribution >= 4 is 17.0 Å². The Labute approximate surface area is 139 Å². The first-order valence-electron chi connectivity index (χ1n) is 7.30. The van der Waals surface area contributed by atoms with Gasteiger partial charge in [-0.25, -0.2) is 0 Å². The number of nitriles is 1. The number of benzene rings is 2. The van der Waals surface area contributed by atoms with Gasteiger partial charge < -0.3 is 10.0 Å². The van der Waals surface area contributed by atoms with Crippen molar-refractivity contribution in [3.05, 3.63) is 82.0 Å². The van der Waals surface area contributed by atoms with Gasteiger partial charge in [0.2, 0.25) is 0 Å². The monoisotopic (exact) mass is 320 g/mol. The van der Waals surface area contributed by atoms with Gasteiger partial charge in [-0.3, -0.25) is 0 Å². The summed E-state index contributed by atoms with van der Waals surface area (Å²) < 4.78 is 0. The fourth-order valence-electron chi connectivity index (χ4n) is 2.40. The van der Waals surface area contributed by atoms with Crippen molar-refractivity contribution < 1.29 is 5.11 Å². The van der Waals surface area contributed by atoms with E-state index in [9.17, 15) is 5.11 Å². The zero-order valence-corrected chi connectivity index (χ0v) is 13.3. The molecule has 114 valence electrons. The maximum Gasteiger partial charge on any atom is 0.115 e. The van der Waals surface area contributed by atoms with E-state index in [4.69, 9.17) is 5.26 Å². The third-order valence-electron chi connectivity index (χ3n) is 3.60. The van der Waals surface area contributed by atoms with E-state index in [2.05, 4.69) is 28.5 Å². The highest BCUT2D eigenvalue weighted by molar-refractivity contribution is 7.09. The number of hydrogen-bond donors (Lipinski definition) is 1. The molecule has 0 fully saturated rings. The van der Waals surface area contributed by atoms with E-state index >= 15 is 0 Å². The average Bonchev–Trinajstić information content (AvgIpc) is 3.09. The molecule has 3 rings (SSSR count). The number of hydrogen-bond acceptors (Lipinski definition) is 4. The zero-order chi connectivity index (χ0) is 16.1. The van der Waals surface area contributed by atoms with Gasteiger partial charge in [0.1, 0.15) is 5.75 Å². The van der Waals surface area contributed by atoms with E-state index in [0.717, 1.165) is 24.3 Å². The van der Waals surface area contributed by atoms with Crippen LogP contribution in [0.3, 0.4) is 0 Å². The highest BCUT2D eigenvalue weighted by Gasteiger charge is 2.09. The summed E-state index contributed by atoms with van der Waals surface area (Å²) >= 11 is 1.73. The molecule has 23 heavy (non-hydrogen) atoms. The molecular formula is C19H16N2OS. The Kier molecular flexibility index (Phi) is 4.60. The third kappa shape index (κ3) is 3.91. The van der Waals surface area contributed by atoms with Crippen molar-refractivity contribution in [2.45, 2.75) is 13.1 Å². The largest absolute Gasteiger partial charge is 0.508 e. The summed E-state index contributed by atoms with van der Waals surface area (Å²) in [5, 5.41) is 20.5. The SMILES string of the molecule is N#Cc1ccc(N(Cc2ccc(O)cc2)Cc2cccs2)cc1. The van der Waals surface area contributed by atoms with Crippen LogP contribution in [-0.4, -0.2) is 5.11 Å². The molecule has 0 unspecified atom stereocenters. The van der Waals surface area contributed by atoms with Crippen LogP contribution in [0, 0.1) is 11.3 Å². The fourth-order valence-corrected chi connectivity index (χ4v) is 3.12. The van der Waals surface area contributed by atoms with E-state index in [0.29, 0.717) is 5.56 Å². The van der Waals surface area contributed by atoms with Crippen LogP contribution in [0.1, 0.15) is 16.0 Å². The number of phenols is 1. The maximum atomic E-state index is 9.43. The van der Waals surface area contributed by atoms with Crippen LogP contribution in [0.15, 0.2) is 66.0 Å². The second-order valence-corrected chi connectivity index (χ2v) is 6.29. The summed E-state index contributed by atoms with van der Waals surface area (Å²) in [5.74, 6) is 0.275. The van der Waals surface area contributed by atoms with E-state index in [1.54, 1.807) is 23.5 Å². The van der Waals surface area contributed by atoms with Gasteiger partial charge in [0.25, 0.3) is 0 Å². The third-order valence-corrected chi connectivity index (χ3v) is 4.46. The fraction of sp³-hybridized carbons (Fsp3) is 0.105. The molecule has 2 aromatic carbocycles. The Morgan fingerprint density at radius 3 is 2.30 bits per heavy atom. The van der Waals surface area contributed by atoms with Crippen LogP contribution >= 0.6 is 11.3 Å². The lowest BCUT2D eigenvalue weighted by Crippen LogP contribution is -2.21. The summed E-state index contributed by atoms with van der Waals surface area (Å²) in [6, 6.07) is 21.2. The zero-order valence-electron chi connectivity index (χ0n) is 12.5. The van der Waals surface area contributed by atoms with Crippen molar-refractivity contribution in [2.75, 3.05) is 4.90 Å². The van der Waals surface area contributed by atoms with E-state index in [-0.39, 0.29) is 5.75 Å². The number of thiophene rings is 1. The lowest BCUT2D eigenvalue weighted by atomic mass is 10.1. The molecular weight excluding hydrogens is 304 g/mol. The molecule has 4 heteroatoms. The second kappa shape index (κ2) is 6.99. The molecule has 0 bridgehead atoms. The number of anilines is 1. The highest BCUT2D eigenvalue weighted by atomic mass is 32.1. The smallest absolute Gasteiger partial charge is 0.115 e. The second-order valence-electron chi connectivity index (χ2n) is 5.26. The maximum absolute atomic E-state index is 9.43. The molecule has 1 aromatic heterocycles. The van der Waals surface area contributed by atoms with Crippen LogP contribution in [0.5, 0.6) is 5.75 Å². The summed E-state index contributed by atoms with van der Waals surface area (Å²) in [6.45, 7) is 1.55. The number of rotatable bonds is 5. The molecule has 3 aromatic rings. The Morgan fingerprint density at radius 1 is 0.957 bits per heavy atom. The van der Waals surface area contributed by atoms with Crippen LogP contribution in [0.4, 0.5) is 5.69 Å². The first-order chi connectivity index (χ1) is 11.2. The normalized spacial score (nSPS) is 10.2. The van der Waals surface area contributed by atoms with Crippen LogP contribution in [0.25, 0.3) is 0 Å². The lowest BCUT2D eigenvalue weighted by Gasteiger charge is -2.24. The van der Waals surface area contributed by atoms with Gasteiger partial charge in [-0.2, -0.15) is 5.26 Å². The first kappa shape index (κ1) is 15.1. The number of phenolic OH excluding ortho intramolecular Hbond substituents is 1. The molecule has 0 radical (unpaired) electrons. The van der Waals surface area contributed by atoms with Gasteiger partial charge in [-0.15, -0.1) is 11.3 Å². The van der Waals surface area contributed by atoms with Gasteiger partial charge in [0.15, 0.2) is 0 Å². The molecule has 0 aliphatic heterocycles. The summed E-state index contributed by atoms with van der Waals surface area (Å²) in [5.41, 5.74) is 2.86. The van der Waals surface area contributed by atoms with E-state index in [1.807, 2.05) is 36.4 Å². The van der Waals surface area contributed by atoms with Crippen LogP contribution in [0.2, 0.25) is 0 Å². The molecule has 0 aliphatic rings. The summed E-state index contributed by atoms with van der Waals surface area (Å²) in [4.78, 5) is 3.55. The molecule has 0 saturated heterocycles. The van der Waals surface area contributed by atoms with Crippen molar-refractivity contribution in [1.82, 2.24) is 0 Å². The predicted molar refractivity (Wildman–Crippen MR) is 93.5 cm³/mol. The minimum Gasteiger partial charge on any atom is -0.508 e. The molecule has 0 aliphatic carbocycles. The number of nitrogens with zero attached hydrogens (tertiary/aromatic N) is 2. The Hall–Kier alpha value is -2.77. The minimum atomic E-state index is 0.275. The van der Waals surface area contributed by atoms with E-state index in [1.165, 1.54) is 4.88 Å². The lowest BCUT2D eigenvalue weighted by molar-refractivity contribution is 0.475. The standard InChI is InChI=1S/C19H16N2OS/c20-12-15-3-7-17(8-4-15)21(14-19-2-1-11-23-19)13-16-5-9-18(22)10-6-16/h1-11,22H,13-14H2. The molecule has 0 atom stereocenters. The number of aromatic hydroxyl groups is 1. The van der Waals surface area contributed by atoms with Crippen molar-refractivity contribution in [3.8, 4) is 11.8 Å². The average molecular weight is 320 g/mol. The predicted octanol–water partition coefficient (Wildman–Crippen LogP) is 4.53. The summed E-state index contributed by atoms with van der Waals surface area (Å²) in [6.07, 6.45) is 0. The highest BCUT2D eigenvalue weighted by Crippen LogP contribution is 2.23. The quantitative estimate of drug-likeness (QED) is 0.751.